The Morgan fingerprint density at radius 1 is 1.61 bits per heavy atom. The molecule has 1 saturated carbocycles. The van der Waals surface area contributed by atoms with E-state index in [2.05, 4.69) is 22.1 Å². The van der Waals surface area contributed by atoms with Gasteiger partial charge < -0.3 is 11.1 Å². The molecule has 98 valence electrons. The van der Waals surface area contributed by atoms with E-state index in [0.29, 0.717) is 12.1 Å². The lowest BCUT2D eigenvalue weighted by Gasteiger charge is -2.19. The number of nitrogens with zero attached hydrogens (tertiary/aromatic N) is 2. The van der Waals surface area contributed by atoms with E-state index in [9.17, 15) is 4.79 Å². The van der Waals surface area contributed by atoms with Crippen molar-refractivity contribution >= 4 is 11.7 Å². The number of carbonyl (C=O) groups is 1. The number of rotatable bonds is 6. The summed E-state index contributed by atoms with van der Waals surface area (Å²) in [4.78, 5) is 18.2. The highest BCUT2D eigenvalue weighted by molar-refractivity contribution is 5.98. The topological polar surface area (TPSA) is 71.2 Å². The van der Waals surface area contributed by atoms with Crippen molar-refractivity contribution in [2.24, 2.45) is 0 Å². The van der Waals surface area contributed by atoms with Crippen molar-refractivity contribution in [3.05, 3.63) is 23.9 Å². The van der Waals surface area contributed by atoms with Gasteiger partial charge in [0.25, 0.3) is 5.91 Å². The third kappa shape index (κ3) is 3.20. The van der Waals surface area contributed by atoms with E-state index in [1.807, 2.05) is 0 Å². The summed E-state index contributed by atoms with van der Waals surface area (Å²) in [5.41, 5.74) is 6.11. The Kier molecular flexibility index (Phi) is 4.15. The zero-order valence-electron chi connectivity index (χ0n) is 10.7. The maximum Gasteiger partial charge on any atom is 0.255 e. The maximum absolute atomic E-state index is 11.9. The standard InChI is InChI=1S/C13H20N4O/c1-2-17(10-5-6-10)9-8-16-13(18)11-4-3-7-15-12(11)14/h3-4,7,10H,2,5-6,8-9H2,1H3,(H2,14,15)(H,16,18). The van der Waals surface area contributed by atoms with E-state index in [1.54, 1.807) is 18.3 Å². The third-order valence-corrected chi connectivity index (χ3v) is 3.24. The molecule has 0 bridgehead atoms. The summed E-state index contributed by atoms with van der Waals surface area (Å²) in [6, 6.07) is 4.14. The van der Waals surface area contributed by atoms with Crippen molar-refractivity contribution in [3.63, 3.8) is 0 Å². The fourth-order valence-electron chi connectivity index (χ4n) is 2.06. The van der Waals surface area contributed by atoms with Crippen LogP contribution in [-0.4, -0.2) is 41.5 Å². The lowest BCUT2D eigenvalue weighted by atomic mass is 10.2. The summed E-state index contributed by atoms with van der Waals surface area (Å²) < 4.78 is 0. The van der Waals surface area contributed by atoms with Crippen LogP contribution in [0.25, 0.3) is 0 Å². The van der Waals surface area contributed by atoms with Crippen LogP contribution in [0.3, 0.4) is 0 Å². The van der Waals surface area contributed by atoms with E-state index in [4.69, 9.17) is 5.73 Å². The van der Waals surface area contributed by atoms with Crippen LogP contribution >= 0.6 is 0 Å². The van der Waals surface area contributed by atoms with Crippen molar-refractivity contribution in [1.82, 2.24) is 15.2 Å². The quantitative estimate of drug-likeness (QED) is 0.784. The summed E-state index contributed by atoms with van der Waals surface area (Å²) in [7, 11) is 0. The van der Waals surface area contributed by atoms with Crippen molar-refractivity contribution in [2.75, 3.05) is 25.4 Å². The van der Waals surface area contributed by atoms with Gasteiger partial charge in [0.2, 0.25) is 0 Å². The Balaban J connectivity index is 1.79. The molecule has 2 rings (SSSR count). The number of nitrogens with one attached hydrogen (secondary N) is 1. The van der Waals surface area contributed by atoms with Crippen LogP contribution in [0.1, 0.15) is 30.1 Å². The molecule has 0 atom stereocenters. The summed E-state index contributed by atoms with van der Waals surface area (Å²) in [6.07, 6.45) is 4.16. The lowest BCUT2D eigenvalue weighted by Crippen LogP contribution is -2.36. The number of anilines is 1. The molecule has 1 aromatic rings. The number of aromatic nitrogens is 1. The average Bonchev–Trinajstić information content (AvgIpc) is 3.19. The van der Waals surface area contributed by atoms with Crippen LogP contribution in [0.15, 0.2) is 18.3 Å². The van der Waals surface area contributed by atoms with Gasteiger partial charge >= 0.3 is 0 Å². The Morgan fingerprint density at radius 3 is 3.00 bits per heavy atom. The minimum Gasteiger partial charge on any atom is -0.383 e. The minimum atomic E-state index is -0.146. The third-order valence-electron chi connectivity index (χ3n) is 3.24. The van der Waals surface area contributed by atoms with Gasteiger partial charge in [0.15, 0.2) is 0 Å². The highest BCUT2D eigenvalue weighted by Crippen LogP contribution is 2.25. The summed E-state index contributed by atoms with van der Waals surface area (Å²) >= 11 is 0. The molecule has 0 saturated heterocycles. The van der Waals surface area contributed by atoms with Gasteiger partial charge in [-0.2, -0.15) is 0 Å². The monoisotopic (exact) mass is 248 g/mol. The second-order valence-corrected chi connectivity index (χ2v) is 4.55. The molecule has 0 aromatic carbocycles. The number of hydrogen-bond donors (Lipinski definition) is 2. The first-order valence-electron chi connectivity index (χ1n) is 6.45. The van der Waals surface area contributed by atoms with Crippen molar-refractivity contribution < 1.29 is 4.79 Å². The number of pyridine rings is 1. The van der Waals surface area contributed by atoms with Crippen molar-refractivity contribution in [1.29, 1.82) is 0 Å². The fraction of sp³-hybridized carbons (Fsp3) is 0.538. The van der Waals surface area contributed by atoms with Gasteiger partial charge in [-0.25, -0.2) is 4.98 Å². The lowest BCUT2D eigenvalue weighted by molar-refractivity contribution is 0.0948. The maximum atomic E-state index is 11.9. The predicted octanol–water partition coefficient (Wildman–Crippen LogP) is 0.878. The van der Waals surface area contributed by atoms with E-state index < -0.39 is 0 Å². The van der Waals surface area contributed by atoms with Crippen LogP contribution in [-0.2, 0) is 0 Å². The van der Waals surface area contributed by atoms with Crippen molar-refractivity contribution in [2.45, 2.75) is 25.8 Å². The smallest absolute Gasteiger partial charge is 0.255 e. The van der Waals surface area contributed by atoms with Gasteiger partial charge in [-0.15, -0.1) is 0 Å². The van der Waals surface area contributed by atoms with E-state index in [0.717, 1.165) is 19.1 Å². The summed E-state index contributed by atoms with van der Waals surface area (Å²) in [6.45, 7) is 4.74. The molecular weight excluding hydrogens is 228 g/mol. The molecule has 1 heterocycles. The Bertz CT molecular complexity index is 417. The predicted molar refractivity (Wildman–Crippen MR) is 71.3 cm³/mol. The molecule has 5 heteroatoms. The van der Waals surface area contributed by atoms with Gasteiger partial charge in [0.1, 0.15) is 5.82 Å². The number of nitrogen functional groups attached to an aromatic ring is 1. The Labute approximate surface area is 107 Å². The number of hydrogen-bond acceptors (Lipinski definition) is 4. The Morgan fingerprint density at radius 2 is 2.39 bits per heavy atom. The molecule has 1 fully saturated rings. The molecule has 5 nitrogen and oxygen atoms in total. The zero-order valence-corrected chi connectivity index (χ0v) is 10.7. The van der Waals surface area contributed by atoms with E-state index in [-0.39, 0.29) is 11.7 Å². The second-order valence-electron chi connectivity index (χ2n) is 4.55. The molecule has 0 aliphatic heterocycles. The molecule has 1 amide bonds. The van der Waals surface area contributed by atoms with E-state index >= 15 is 0 Å². The van der Waals surface area contributed by atoms with Crippen LogP contribution in [0.5, 0.6) is 0 Å². The largest absolute Gasteiger partial charge is 0.383 e. The van der Waals surface area contributed by atoms with Crippen LogP contribution < -0.4 is 11.1 Å². The first-order chi connectivity index (χ1) is 8.72. The Hall–Kier alpha value is -1.62. The molecule has 1 aromatic heterocycles. The molecule has 0 spiro atoms. The number of carbonyl (C=O) groups excluding carboxylic acids is 1. The van der Waals surface area contributed by atoms with Gasteiger partial charge in [-0.3, -0.25) is 9.69 Å². The average molecular weight is 248 g/mol. The second kappa shape index (κ2) is 5.82. The number of nitrogens with two attached hydrogens (primary N) is 1. The molecule has 3 N–H and O–H groups in total. The van der Waals surface area contributed by atoms with Gasteiger partial charge in [-0.1, -0.05) is 6.92 Å². The SMILES string of the molecule is CCN(CCNC(=O)c1cccnc1N)C1CC1. The normalized spacial score (nSPS) is 14.8. The van der Waals surface area contributed by atoms with Gasteiger partial charge in [0.05, 0.1) is 5.56 Å². The highest BCUT2D eigenvalue weighted by Gasteiger charge is 2.27. The molecule has 18 heavy (non-hydrogen) atoms. The summed E-state index contributed by atoms with van der Waals surface area (Å²) in [5.74, 6) is 0.136. The molecule has 1 aliphatic rings. The molecule has 0 unspecified atom stereocenters. The van der Waals surface area contributed by atoms with Crippen molar-refractivity contribution in [3.8, 4) is 0 Å². The molecule has 1 aliphatic carbocycles. The zero-order chi connectivity index (χ0) is 13.0. The number of likely N-dealkylation sites (N-methyl/N-ethyl adjacent to an activating group) is 1. The first kappa shape index (κ1) is 12.8. The molecular formula is C13H20N4O. The fourth-order valence-corrected chi connectivity index (χ4v) is 2.06. The highest BCUT2D eigenvalue weighted by atomic mass is 16.1. The van der Waals surface area contributed by atoms with Crippen LogP contribution in [0.4, 0.5) is 5.82 Å². The van der Waals surface area contributed by atoms with Crippen LogP contribution in [0, 0.1) is 0 Å². The van der Waals surface area contributed by atoms with Gasteiger partial charge in [0, 0.05) is 25.3 Å². The van der Waals surface area contributed by atoms with E-state index in [1.165, 1.54) is 12.8 Å². The molecule has 0 radical (unpaired) electrons. The first-order valence-corrected chi connectivity index (χ1v) is 6.45. The summed E-state index contributed by atoms with van der Waals surface area (Å²) in [5, 5.41) is 2.89. The van der Waals surface area contributed by atoms with Crippen LogP contribution in [0.2, 0.25) is 0 Å². The van der Waals surface area contributed by atoms with Gasteiger partial charge in [-0.05, 0) is 31.5 Å². The number of amides is 1. The minimum absolute atomic E-state index is 0.146.